The van der Waals surface area contributed by atoms with Gasteiger partial charge in [-0.2, -0.15) is 0 Å². The highest BCUT2D eigenvalue weighted by Crippen LogP contribution is 2.25. The van der Waals surface area contributed by atoms with Crippen LogP contribution in [0.15, 0.2) is 47.8 Å². The standard InChI is InChI=1S/C18H14ClFN2OS/c1-11-2-4-12(5-3-11)18-21-14(10-24-18)9-17(23)22-16-8-13(19)6-7-15(16)20/h2-8,10H,9H2,1H3,(H,22,23). The lowest BCUT2D eigenvalue weighted by atomic mass is 10.2. The number of aromatic nitrogens is 1. The largest absolute Gasteiger partial charge is 0.323 e. The summed E-state index contributed by atoms with van der Waals surface area (Å²) in [7, 11) is 0. The van der Waals surface area contributed by atoms with E-state index in [1.807, 2.05) is 36.6 Å². The number of aryl methyl sites for hydroxylation is 1. The zero-order valence-electron chi connectivity index (χ0n) is 12.8. The summed E-state index contributed by atoms with van der Waals surface area (Å²) in [6.07, 6.45) is 0.0777. The lowest BCUT2D eigenvalue weighted by molar-refractivity contribution is -0.115. The van der Waals surface area contributed by atoms with Gasteiger partial charge in [0.15, 0.2) is 0 Å². The zero-order valence-corrected chi connectivity index (χ0v) is 14.4. The van der Waals surface area contributed by atoms with Gasteiger partial charge in [0.1, 0.15) is 10.8 Å². The van der Waals surface area contributed by atoms with Crippen molar-refractivity contribution in [3.63, 3.8) is 0 Å². The Hall–Kier alpha value is -2.24. The Bertz CT molecular complexity index is 877. The molecule has 0 atom stereocenters. The smallest absolute Gasteiger partial charge is 0.230 e. The van der Waals surface area contributed by atoms with Crippen molar-refractivity contribution in [1.29, 1.82) is 0 Å². The molecule has 24 heavy (non-hydrogen) atoms. The minimum atomic E-state index is -0.522. The first-order chi connectivity index (χ1) is 11.5. The van der Waals surface area contributed by atoms with Crippen LogP contribution < -0.4 is 5.32 Å². The number of nitrogens with zero attached hydrogens (tertiary/aromatic N) is 1. The van der Waals surface area contributed by atoms with E-state index in [4.69, 9.17) is 11.6 Å². The molecular weight excluding hydrogens is 347 g/mol. The molecule has 0 unspecified atom stereocenters. The van der Waals surface area contributed by atoms with E-state index in [1.165, 1.54) is 35.1 Å². The molecule has 3 aromatic rings. The highest BCUT2D eigenvalue weighted by atomic mass is 35.5. The normalized spacial score (nSPS) is 10.6. The van der Waals surface area contributed by atoms with Crippen molar-refractivity contribution in [1.82, 2.24) is 4.98 Å². The van der Waals surface area contributed by atoms with Gasteiger partial charge in [-0.25, -0.2) is 9.37 Å². The number of carbonyl (C=O) groups is 1. The fourth-order valence-electron chi connectivity index (χ4n) is 2.17. The average molecular weight is 361 g/mol. The number of benzene rings is 2. The second-order valence-corrected chi connectivity index (χ2v) is 6.65. The molecule has 1 aromatic heterocycles. The van der Waals surface area contributed by atoms with Crippen LogP contribution in [-0.4, -0.2) is 10.9 Å². The van der Waals surface area contributed by atoms with E-state index in [1.54, 1.807) is 0 Å². The monoisotopic (exact) mass is 360 g/mol. The fraction of sp³-hybridized carbons (Fsp3) is 0.111. The molecule has 0 aliphatic rings. The van der Waals surface area contributed by atoms with E-state index in [0.717, 1.165) is 10.6 Å². The van der Waals surface area contributed by atoms with E-state index in [2.05, 4.69) is 10.3 Å². The van der Waals surface area contributed by atoms with Gasteiger partial charge >= 0.3 is 0 Å². The van der Waals surface area contributed by atoms with E-state index in [0.29, 0.717) is 10.7 Å². The second-order valence-electron chi connectivity index (χ2n) is 5.36. The van der Waals surface area contributed by atoms with E-state index in [-0.39, 0.29) is 18.0 Å². The maximum atomic E-state index is 13.6. The van der Waals surface area contributed by atoms with Gasteiger partial charge in [0.2, 0.25) is 5.91 Å². The Morgan fingerprint density at radius 1 is 1.25 bits per heavy atom. The fourth-order valence-corrected chi connectivity index (χ4v) is 3.17. The summed E-state index contributed by atoms with van der Waals surface area (Å²) in [6, 6.07) is 12.1. The number of halogens is 2. The van der Waals surface area contributed by atoms with Crippen LogP contribution in [-0.2, 0) is 11.2 Å². The molecule has 1 heterocycles. The van der Waals surface area contributed by atoms with Crippen molar-refractivity contribution in [2.75, 3.05) is 5.32 Å². The van der Waals surface area contributed by atoms with Crippen LogP contribution in [0.4, 0.5) is 10.1 Å². The van der Waals surface area contributed by atoms with Crippen molar-refractivity contribution >= 4 is 34.5 Å². The Morgan fingerprint density at radius 2 is 2.00 bits per heavy atom. The number of thiazole rings is 1. The molecule has 0 radical (unpaired) electrons. The number of anilines is 1. The predicted molar refractivity (Wildman–Crippen MR) is 96.0 cm³/mol. The first-order valence-electron chi connectivity index (χ1n) is 7.27. The van der Waals surface area contributed by atoms with Gasteiger partial charge in [-0.3, -0.25) is 4.79 Å². The predicted octanol–water partition coefficient (Wildman–Crippen LogP) is 5.09. The highest BCUT2D eigenvalue weighted by Gasteiger charge is 2.11. The summed E-state index contributed by atoms with van der Waals surface area (Å²) >= 11 is 7.29. The summed E-state index contributed by atoms with van der Waals surface area (Å²) in [4.78, 5) is 16.5. The van der Waals surface area contributed by atoms with Gasteiger partial charge in [-0.1, -0.05) is 41.4 Å². The molecule has 0 bridgehead atoms. The minimum absolute atomic E-state index is 0.0708. The molecular formula is C18H14ClFN2OS. The van der Waals surface area contributed by atoms with Crippen molar-refractivity contribution < 1.29 is 9.18 Å². The lowest BCUT2D eigenvalue weighted by Gasteiger charge is -2.05. The van der Waals surface area contributed by atoms with Crippen molar-refractivity contribution in [3.05, 3.63) is 69.9 Å². The van der Waals surface area contributed by atoms with Crippen molar-refractivity contribution in [2.24, 2.45) is 0 Å². The van der Waals surface area contributed by atoms with Crippen LogP contribution in [0.5, 0.6) is 0 Å². The van der Waals surface area contributed by atoms with Gasteiger partial charge in [0.05, 0.1) is 17.8 Å². The third-order valence-corrected chi connectivity index (χ3v) is 4.57. The highest BCUT2D eigenvalue weighted by molar-refractivity contribution is 7.13. The molecule has 0 saturated heterocycles. The Kier molecular flexibility index (Phi) is 4.92. The van der Waals surface area contributed by atoms with Crippen molar-refractivity contribution in [3.8, 4) is 10.6 Å². The molecule has 0 spiro atoms. The SMILES string of the molecule is Cc1ccc(-c2nc(CC(=O)Nc3cc(Cl)ccc3F)cs2)cc1. The summed E-state index contributed by atoms with van der Waals surface area (Å²) < 4.78 is 13.6. The molecule has 0 aliphatic heterocycles. The molecule has 0 aliphatic carbocycles. The van der Waals surface area contributed by atoms with Crippen LogP contribution in [0.3, 0.4) is 0 Å². The Balaban J connectivity index is 1.69. The van der Waals surface area contributed by atoms with Gasteiger partial charge in [0, 0.05) is 16.0 Å². The first-order valence-corrected chi connectivity index (χ1v) is 8.53. The number of hydrogen-bond donors (Lipinski definition) is 1. The molecule has 3 nitrogen and oxygen atoms in total. The molecule has 1 N–H and O–H groups in total. The van der Waals surface area contributed by atoms with Crippen molar-refractivity contribution in [2.45, 2.75) is 13.3 Å². The maximum absolute atomic E-state index is 13.6. The quantitative estimate of drug-likeness (QED) is 0.704. The first kappa shape index (κ1) is 16.6. The number of nitrogens with one attached hydrogen (secondary N) is 1. The number of rotatable bonds is 4. The molecule has 2 aromatic carbocycles. The molecule has 1 amide bonds. The maximum Gasteiger partial charge on any atom is 0.230 e. The molecule has 122 valence electrons. The van der Waals surface area contributed by atoms with Gasteiger partial charge < -0.3 is 5.32 Å². The van der Waals surface area contributed by atoms with Gasteiger partial charge in [-0.15, -0.1) is 11.3 Å². The topological polar surface area (TPSA) is 42.0 Å². The van der Waals surface area contributed by atoms with Crippen LogP contribution in [0.1, 0.15) is 11.3 Å². The number of hydrogen-bond acceptors (Lipinski definition) is 3. The van der Waals surface area contributed by atoms with E-state index < -0.39 is 5.82 Å². The van der Waals surface area contributed by atoms with E-state index >= 15 is 0 Å². The average Bonchev–Trinajstić information content (AvgIpc) is 3.00. The molecule has 6 heteroatoms. The number of amides is 1. The lowest BCUT2D eigenvalue weighted by Crippen LogP contribution is -2.15. The van der Waals surface area contributed by atoms with Crippen LogP contribution in [0.2, 0.25) is 5.02 Å². The Labute approximate surface area is 148 Å². The third kappa shape index (κ3) is 3.99. The summed E-state index contributed by atoms with van der Waals surface area (Å²) in [6.45, 7) is 2.02. The third-order valence-electron chi connectivity index (χ3n) is 3.39. The minimum Gasteiger partial charge on any atom is -0.323 e. The van der Waals surface area contributed by atoms with Gasteiger partial charge in [-0.05, 0) is 25.1 Å². The summed E-state index contributed by atoms with van der Waals surface area (Å²) in [5, 5.41) is 5.58. The molecule has 0 fully saturated rings. The summed E-state index contributed by atoms with van der Waals surface area (Å²) in [5.41, 5.74) is 2.91. The van der Waals surface area contributed by atoms with Crippen LogP contribution >= 0.6 is 22.9 Å². The molecule has 3 rings (SSSR count). The number of carbonyl (C=O) groups excluding carboxylic acids is 1. The summed E-state index contributed by atoms with van der Waals surface area (Å²) in [5.74, 6) is -0.858. The molecule has 0 saturated carbocycles. The Morgan fingerprint density at radius 3 is 2.75 bits per heavy atom. The van der Waals surface area contributed by atoms with Crippen LogP contribution in [0, 0.1) is 12.7 Å². The van der Waals surface area contributed by atoms with Gasteiger partial charge in [0.25, 0.3) is 0 Å². The zero-order chi connectivity index (χ0) is 17.1. The van der Waals surface area contributed by atoms with Crippen LogP contribution in [0.25, 0.3) is 10.6 Å². The van der Waals surface area contributed by atoms with E-state index in [9.17, 15) is 9.18 Å². The second kappa shape index (κ2) is 7.11.